The van der Waals surface area contributed by atoms with Gasteiger partial charge >= 0.3 is 0 Å². The van der Waals surface area contributed by atoms with Crippen LogP contribution in [0.15, 0.2) is 18.2 Å². The highest BCUT2D eigenvalue weighted by Crippen LogP contribution is 2.26. The van der Waals surface area contributed by atoms with Crippen molar-refractivity contribution in [1.82, 2.24) is 10.6 Å². The summed E-state index contributed by atoms with van der Waals surface area (Å²) in [6.45, 7) is 4.77. The first kappa shape index (κ1) is 19.4. The molecular formula is C15H21Cl3N2O2. The summed E-state index contributed by atoms with van der Waals surface area (Å²) < 4.78 is 5.61. The number of nitrogens with one attached hydrogen (secondary N) is 2. The van der Waals surface area contributed by atoms with Crippen molar-refractivity contribution in [3.05, 3.63) is 28.2 Å². The van der Waals surface area contributed by atoms with Crippen LogP contribution in [0.1, 0.15) is 26.7 Å². The molecular weight excluding hydrogens is 347 g/mol. The number of ether oxygens (including phenoxy) is 1. The summed E-state index contributed by atoms with van der Waals surface area (Å²) in [5.74, 6) is 0.422. The van der Waals surface area contributed by atoms with Gasteiger partial charge in [-0.25, -0.2) is 0 Å². The van der Waals surface area contributed by atoms with Gasteiger partial charge in [0.1, 0.15) is 5.75 Å². The lowest BCUT2D eigenvalue weighted by Crippen LogP contribution is -2.49. The quantitative estimate of drug-likeness (QED) is 0.857. The van der Waals surface area contributed by atoms with E-state index in [1.807, 2.05) is 0 Å². The molecule has 3 atom stereocenters. The van der Waals surface area contributed by atoms with Gasteiger partial charge in [0.25, 0.3) is 5.91 Å². The van der Waals surface area contributed by atoms with Crippen LogP contribution < -0.4 is 15.4 Å². The Hall–Kier alpha value is -0.680. The lowest BCUT2D eigenvalue weighted by atomic mass is 10.0. The first-order chi connectivity index (χ1) is 9.95. The molecule has 1 aromatic rings. The molecule has 0 saturated carbocycles. The van der Waals surface area contributed by atoms with E-state index in [4.69, 9.17) is 27.9 Å². The van der Waals surface area contributed by atoms with E-state index in [1.165, 1.54) is 0 Å². The molecule has 4 nitrogen and oxygen atoms in total. The second kappa shape index (κ2) is 8.82. The van der Waals surface area contributed by atoms with E-state index < -0.39 is 6.10 Å². The second-order valence-electron chi connectivity index (χ2n) is 5.42. The summed E-state index contributed by atoms with van der Waals surface area (Å²) in [4.78, 5) is 12.2. The highest BCUT2D eigenvalue weighted by atomic mass is 35.5. The molecule has 1 aromatic carbocycles. The third-order valence-electron chi connectivity index (χ3n) is 3.54. The van der Waals surface area contributed by atoms with Gasteiger partial charge in [-0.1, -0.05) is 23.2 Å². The first-order valence-electron chi connectivity index (χ1n) is 7.11. The molecule has 3 unspecified atom stereocenters. The van der Waals surface area contributed by atoms with Gasteiger partial charge in [0.15, 0.2) is 6.10 Å². The molecule has 0 spiro atoms. The number of benzene rings is 1. The first-order valence-corrected chi connectivity index (χ1v) is 7.86. The molecule has 1 fully saturated rings. The van der Waals surface area contributed by atoms with Crippen molar-refractivity contribution in [2.75, 3.05) is 6.54 Å². The Labute approximate surface area is 147 Å². The van der Waals surface area contributed by atoms with Crippen LogP contribution in [-0.4, -0.2) is 30.6 Å². The lowest BCUT2D eigenvalue weighted by Gasteiger charge is -2.29. The van der Waals surface area contributed by atoms with Crippen molar-refractivity contribution < 1.29 is 9.53 Å². The van der Waals surface area contributed by atoms with Gasteiger partial charge in [0.2, 0.25) is 0 Å². The zero-order chi connectivity index (χ0) is 15.4. The van der Waals surface area contributed by atoms with Crippen molar-refractivity contribution in [1.29, 1.82) is 0 Å². The molecule has 2 rings (SSSR count). The average Bonchev–Trinajstić information content (AvgIpc) is 2.43. The molecule has 1 aliphatic heterocycles. The lowest BCUT2D eigenvalue weighted by molar-refractivity contribution is -0.128. The van der Waals surface area contributed by atoms with E-state index in [9.17, 15) is 4.79 Å². The van der Waals surface area contributed by atoms with Crippen LogP contribution in [0.3, 0.4) is 0 Å². The van der Waals surface area contributed by atoms with Crippen molar-refractivity contribution in [2.24, 2.45) is 0 Å². The zero-order valence-electron chi connectivity index (χ0n) is 12.6. The van der Waals surface area contributed by atoms with Gasteiger partial charge in [-0.05, 0) is 45.4 Å². The van der Waals surface area contributed by atoms with Crippen molar-refractivity contribution in [2.45, 2.75) is 44.9 Å². The minimum Gasteiger partial charge on any atom is -0.481 e. The van der Waals surface area contributed by atoms with Gasteiger partial charge in [-0.3, -0.25) is 4.79 Å². The Morgan fingerprint density at radius 1 is 1.41 bits per heavy atom. The van der Waals surface area contributed by atoms with E-state index in [2.05, 4.69) is 17.6 Å². The molecule has 1 aliphatic rings. The molecule has 22 heavy (non-hydrogen) atoms. The van der Waals surface area contributed by atoms with E-state index >= 15 is 0 Å². The summed E-state index contributed by atoms with van der Waals surface area (Å²) in [5.41, 5.74) is 0. The molecule has 0 aromatic heterocycles. The average molecular weight is 368 g/mol. The Balaban J connectivity index is 0.00000242. The largest absolute Gasteiger partial charge is 0.481 e. The summed E-state index contributed by atoms with van der Waals surface area (Å²) >= 11 is 11.8. The number of carbonyl (C=O) groups is 1. The number of piperidine rings is 1. The number of halogens is 3. The number of hydrogen-bond donors (Lipinski definition) is 2. The monoisotopic (exact) mass is 366 g/mol. The molecule has 124 valence electrons. The summed E-state index contributed by atoms with van der Waals surface area (Å²) in [6, 6.07) is 5.59. The molecule has 0 radical (unpaired) electrons. The van der Waals surface area contributed by atoms with E-state index in [0.29, 0.717) is 21.8 Å². The minimum absolute atomic E-state index is 0. The normalized spacial score (nSPS) is 22.4. The maximum Gasteiger partial charge on any atom is 0.260 e. The molecule has 0 bridgehead atoms. The van der Waals surface area contributed by atoms with Gasteiger partial charge in [-0.15, -0.1) is 12.4 Å². The van der Waals surface area contributed by atoms with Crippen LogP contribution in [0.4, 0.5) is 0 Å². The molecule has 7 heteroatoms. The Morgan fingerprint density at radius 3 is 2.77 bits per heavy atom. The Bertz CT molecular complexity index is 514. The fourth-order valence-corrected chi connectivity index (χ4v) is 2.68. The molecule has 0 aliphatic carbocycles. The smallest absolute Gasteiger partial charge is 0.260 e. The maximum absolute atomic E-state index is 12.2. The van der Waals surface area contributed by atoms with Crippen molar-refractivity contribution in [3.8, 4) is 5.75 Å². The highest BCUT2D eigenvalue weighted by Gasteiger charge is 2.23. The fraction of sp³-hybridized carbons (Fsp3) is 0.533. The summed E-state index contributed by atoms with van der Waals surface area (Å²) in [7, 11) is 0. The van der Waals surface area contributed by atoms with Gasteiger partial charge in [-0.2, -0.15) is 0 Å². The number of carbonyl (C=O) groups excluding carboxylic acids is 1. The van der Waals surface area contributed by atoms with Crippen LogP contribution in [0.25, 0.3) is 0 Å². The van der Waals surface area contributed by atoms with Gasteiger partial charge < -0.3 is 15.4 Å². The topological polar surface area (TPSA) is 50.4 Å². The third kappa shape index (κ3) is 5.51. The Morgan fingerprint density at radius 2 is 2.14 bits per heavy atom. The summed E-state index contributed by atoms with van der Waals surface area (Å²) in [5, 5.41) is 7.26. The predicted octanol–water partition coefficient (Wildman–Crippen LogP) is 3.44. The molecule has 2 N–H and O–H groups in total. The molecule has 1 saturated heterocycles. The van der Waals surface area contributed by atoms with E-state index in [-0.39, 0.29) is 24.4 Å². The maximum atomic E-state index is 12.2. The molecule has 1 heterocycles. The highest BCUT2D eigenvalue weighted by molar-refractivity contribution is 6.42. The summed E-state index contributed by atoms with van der Waals surface area (Å²) in [6.07, 6.45) is 1.30. The standard InChI is InChI=1S/C15H20Cl2N2O2.ClH/c1-9-7-11(5-6-18-9)19-15(20)10(2)21-12-3-4-13(16)14(17)8-12;/h3-4,8-11,18H,5-7H2,1-2H3,(H,19,20);1H. The Kier molecular flexibility index (Phi) is 7.77. The second-order valence-corrected chi connectivity index (χ2v) is 6.24. The van der Waals surface area contributed by atoms with E-state index in [0.717, 1.165) is 19.4 Å². The fourth-order valence-electron chi connectivity index (χ4n) is 2.39. The molecule has 1 amide bonds. The SMILES string of the molecule is CC1CC(NC(=O)C(C)Oc2ccc(Cl)c(Cl)c2)CCN1.Cl. The van der Waals surface area contributed by atoms with Crippen LogP contribution in [0.5, 0.6) is 5.75 Å². The number of rotatable bonds is 4. The van der Waals surface area contributed by atoms with Crippen LogP contribution >= 0.6 is 35.6 Å². The van der Waals surface area contributed by atoms with Gasteiger partial charge in [0.05, 0.1) is 10.0 Å². The van der Waals surface area contributed by atoms with Gasteiger partial charge in [0, 0.05) is 18.2 Å². The third-order valence-corrected chi connectivity index (χ3v) is 4.28. The van der Waals surface area contributed by atoms with Crippen LogP contribution in [0, 0.1) is 0 Å². The van der Waals surface area contributed by atoms with Crippen LogP contribution in [0.2, 0.25) is 10.0 Å². The van der Waals surface area contributed by atoms with Crippen LogP contribution in [-0.2, 0) is 4.79 Å². The minimum atomic E-state index is -0.576. The van der Waals surface area contributed by atoms with E-state index in [1.54, 1.807) is 25.1 Å². The predicted molar refractivity (Wildman–Crippen MR) is 92.4 cm³/mol. The zero-order valence-corrected chi connectivity index (χ0v) is 14.9. The number of hydrogen-bond acceptors (Lipinski definition) is 3. The van der Waals surface area contributed by atoms with Crippen molar-refractivity contribution >= 4 is 41.5 Å². The number of amides is 1. The van der Waals surface area contributed by atoms with Crippen molar-refractivity contribution in [3.63, 3.8) is 0 Å².